The lowest BCUT2D eigenvalue weighted by Crippen LogP contribution is -2.26. The third kappa shape index (κ3) is 2.53. The van der Waals surface area contributed by atoms with E-state index >= 15 is 0 Å². The third-order valence-electron chi connectivity index (χ3n) is 2.52. The molecule has 0 fully saturated rings. The van der Waals surface area contributed by atoms with Gasteiger partial charge in [0, 0.05) is 19.4 Å². The lowest BCUT2D eigenvalue weighted by molar-refractivity contribution is 0.594. The predicted octanol–water partition coefficient (Wildman–Crippen LogP) is 1.17. The highest BCUT2D eigenvalue weighted by Crippen LogP contribution is 2.20. The Balaban J connectivity index is 2.40. The highest BCUT2D eigenvalue weighted by molar-refractivity contribution is 7.92. The smallest absolute Gasteiger partial charge is 0.265 e. The zero-order valence-electron chi connectivity index (χ0n) is 10.1. The average Bonchev–Trinajstić information content (AvgIpc) is 2.47. The fourth-order valence-corrected chi connectivity index (χ4v) is 2.56. The molecule has 2 aromatic rings. The van der Waals surface area contributed by atoms with Crippen LogP contribution in [0, 0.1) is 11.3 Å². The molecule has 2 heterocycles. The van der Waals surface area contributed by atoms with Crippen LogP contribution in [0.2, 0.25) is 0 Å². The number of nitrogens with zero attached hydrogens (tertiary/aromatic N) is 4. The molecule has 0 amide bonds. The molecule has 2 aromatic heterocycles. The first-order valence-electron chi connectivity index (χ1n) is 5.31. The van der Waals surface area contributed by atoms with E-state index in [-0.39, 0.29) is 10.6 Å². The molecule has 0 saturated heterocycles. The molecule has 0 radical (unpaired) electrons. The highest BCUT2D eigenvalue weighted by Gasteiger charge is 2.21. The number of aromatic nitrogens is 2. The maximum Gasteiger partial charge on any atom is 0.265 e. The summed E-state index contributed by atoms with van der Waals surface area (Å²) in [7, 11) is -2.26. The van der Waals surface area contributed by atoms with Gasteiger partial charge in [0.25, 0.3) is 10.0 Å². The fraction of sp³-hybridized carbons (Fsp3) is 0.0833. The van der Waals surface area contributed by atoms with Crippen LogP contribution in [0.5, 0.6) is 0 Å². The van der Waals surface area contributed by atoms with Crippen LogP contribution in [-0.4, -0.2) is 25.4 Å². The van der Waals surface area contributed by atoms with Gasteiger partial charge >= 0.3 is 0 Å². The molecule has 7 heteroatoms. The Hall–Kier alpha value is -2.46. The largest absolute Gasteiger partial charge is 0.268 e. The van der Waals surface area contributed by atoms with Crippen LogP contribution in [-0.2, 0) is 10.0 Å². The van der Waals surface area contributed by atoms with Crippen LogP contribution >= 0.6 is 0 Å². The van der Waals surface area contributed by atoms with Gasteiger partial charge in [-0.25, -0.2) is 13.4 Å². The van der Waals surface area contributed by atoms with E-state index in [9.17, 15) is 8.42 Å². The van der Waals surface area contributed by atoms with E-state index in [0.717, 1.165) is 4.31 Å². The van der Waals surface area contributed by atoms with Crippen molar-refractivity contribution in [3.8, 4) is 6.07 Å². The Labute approximate surface area is 111 Å². The molecule has 0 aliphatic heterocycles. The summed E-state index contributed by atoms with van der Waals surface area (Å²) in [6.45, 7) is 0. The van der Waals surface area contributed by atoms with Crippen LogP contribution in [0.1, 0.15) is 5.69 Å². The SMILES string of the molecule is CN(c1cccnc1)S(=O)(=O)c1ccc(C#N)nc1. The van der Waals surface area contributed by atoms with Crippen LogP contribution in [0.4, 0.5) is 5.69 Å². The van der Waals surface area contributed by atoms with Crippen molar-refractivity contribution in [2.75, 3.05) is 11.4 Å². The quantitative estimate of drug-likeness (QED) is 0.838. The monoisotopic (exact) mass is 274 g/mol. The standard InChI is InChI=1S/C12H10N4O2S/c1-16(11-3-2-6-14-8-11)19(17,18)12-5-4-10(7-13)15-9-12/h2-6,8-9H,1H3. The summed E-state index contributed by atoms with van der Waals surface area (Å²) in [4.78, 5) is 7.66. The van der Waals surface area contributed by atoms with Gasteiger partial charge in [-0.3, -0.25) is 9.29 Å². The van der Waals surface area contributed by atoms with E-state index in [4.69, 9.17) is 5.26 Å². The lowest BCUT2D eigenvalue weighted by atomic mass is 10.4. The normalized spacial score (nSPS) is 10.7. The highest BCUT2D eigenvalue weighted by atomic mass is 32.2. The van der Waals surface area contributed by atoms with E-state index < -0.39 is 10.0 Å². The molecule has 0 N–H and O–H groups in total. The molecule has 0 unspecified atom stereocenters. The van der Waals surface area contributed by atoms with E-state index in [0.29, 0.717) is 5.69 Å². The van der Waals surface area contributed by atoms with Crippen molar-refractivity contribution in [2.24, 2.45) is 0 Å². The number of pyridine rings is 2. The number of anilines is 1. The van der Waals surface area contributed by atoms with Crippen molar-refractivity contribution in [3.05, 3.63) is 48.5 Å². The minimum Gasteiger partial charge on any atom is -0.268 e. The predicted molar refractivity (Wildman–Crippen MR) is 68.8 cm³/mol. The Morgan fingerprint density at radius 1 is 1.26 bits per heavy atom. The molecule has 0 spiro atoms. The molecule has 0 bridgehead atoms. The summed E-state index contributed by atoms with van der Waals surface area (Å²) in [6, 6.07) is 7.85. The molecule has 96 valence electrons. The van der Waals surface area contributed by atoms with Gasteiger partial charge in [-0.05, 0) is 24.3 Å². The van der Waals surface area contributed by atoms with Crippen molar-refractivity contribution in [2.45, 2.75) is 4.90 Å². The van der Waals surface area contributed by atoms with E-state index in [1.54, 1.807) is 18.3 Å². The van der Waals surface area contributed by atoms with Crippen molar-refractivity contribution in [1.82, 2.24) is 9.97 Å². The summed E-state index contributed by atoms with van der Waals surface area (Å²) in [5.74, 6) is 0. The zero-order chi connectivity index (χ0) is 13.9. The minimum absolute atomic E-state index is 0.0258. The summed E-state index contributed by atoms with van der Waals surface area (Å²) in [5.41, 5.74) is 0.620. The fourth-order valence-electron chi connectivity index (χ4n) is 1.44. The van der Waals surface area contributed by atoms with Gasteiger partial charge in [-0.15, -0.1) is 0 Å². The van der Waals surface area contributed by atoms with E-state index in [1.807, 2.05) is 6.07 Å². The Bertz CT molecular complexity index is 706. The van der Waals surface area contributed by atoms with Gasteiger partial charge in [-0.1, -0.05) is 0 Å². The molecule has 0 saturated carbocycles. The second kappa shape index (κ2) is 5.04. The van der Waals surface area contributed by atoms with Gasteiger partial charge in [0.1, 0.15) is 16.7 Å². The molecule has 0 aliphatic carbocycles. The Morgan fingerprint density at radius 3 is 2.58 bits per heavy atom. The maximum atomic E-state index is 12.3. The first-order chi connectivity index (χ1) is 9.05. The van der Waals surface area contributed by atoms with Gasteiger partial charge in [0.05, 0.1) is 11.9 Å². The van der Waals surface area contributed by atoms with E-state index in [2.05, 4.69) is 9.97 Å². The molecular formula is C12H10N4O2S. The van der Waals surface area contributed by atoms with Gasteiger partial charge in [-0.2, -0.15) is 5.26 Å². The zero-order valence-corrected chi connectivity index (χ0v) is 10.9. The van der Waals surface area contributed by atoms with Gasteiger partial charge in [0.15, 0.2) is 0 Å². The van der Waals surface area contributed by atoms with E-state index in [1.165, 1.54) is 31.6 Å². The van der Waals surface area contributed by atoms with Crippen molar-refractivity contribution in [3.63, 3.8) is 0 Å². The Morgan fingerprint density at radius 2 is 2.05 bits per heavy atom. The average molecular weight is 274 g/mol. The second-order valence-corrected chi connectivity index (χ2v) is 5.64. The first kappa shape index (κ1) is 13.0. The van der Waals surface area contributed by atoms with Crippen LogP contribution in [0.15, 0.2) is 47.8 Å². The first-order valence-corrected chi connectivity index (χ1v) is 6.75. The van der Waals surface area contributed by atoms with Crippen molar-refractivity contribution in [1.29, 1.82) is 5.26 Å². The molecular weight excluding hydrogens is 264 g/mol. The van der Waals surface area contributed by atoms with Gasteiger partial charge < -0.3 is 0 Å². The van der Waals surface area contributed by atoms with Crippen LogP contribution in [0.3, 0.4) is 0 Å². The molecule has 6 nitrogen and oxygen atoms in total. The molecule has 0 aliphatic rings. The van der Waals surface area contributed by atoms with Crippen molar-refractivity contribution < 1.29 is 8.42 Å². The number of hydrogen-bond acceptors (Lipinski definition) is 5. The summed E-state index contributed by atoms with van der Waals surface area (Å²) >= 11 is 0. The minimum atomic E-state index is -3.70. The summed E-state index contributed by atoms with van der Waals surface area (Å²) in [6.07, 6.45) is 4.18. The molecule has 0 aromatic carbocycles. The van der Waals surface area contributed by atoms with Crippen LogP contribution in [0.25, 0.3) is 0 Å². The molecule has 2 rings (SSSR count). The molecule has 0 atom stereocenters. The van der Waals surface area contributed by atoms with Gasteiger partial charge in [0.2, 0.25) is 0 Å². The topological polar surface area (TPSA) is 87.0 Å². The lowest BCUT2D eigenvalue weighted by Gasteiger charge is -2.18. The number of hydrogen-bond donors (Lipinski definition) is 0. The maximum absolute atomic E-state index is 12.3. The second-order valence-electron chi connectivity index (χ2n) is 3.67. The number of sulfonamides is 1. The van der Waals surface area contributed by atoms with Crippen molar-refractivity contribution >= 4 is 15.7 Å². The summed E-state index contributed by atoms with van der Waals surface area (Å²) < 4.78 is 25.7. The molecule has 19 heavy (non-hydrogen) atoms. The van der Waals surface area contributed by atoms with Crippen LogP contribution < -0.4 is 4.31 Å². The number of nitriles is 1. The summed E-state index contributed by atoms with van der Waals surface area (Å²) in [5, 5.41) is 8.64. The Kier molecular flexibility index (Phi) is 3.44. The number of rotatable bonds is 3. The third-order valence-corrected chi connectivity index (χ3v) is 4.29.